The Morgan fingerprint density at radius 1 is 1.24 bits per heavy atom. The topological polar surface area (TPSA) is 47.8 Å². The zero-order chi connectivity index (χ0) is 12.7. The predicted molar refractivity (Wildman–Crippen MR) is 68.3 cm³/mol. The molecule has 4 nitrogen and oxygen atoms in total. The molecule has 0 N–H and O–H groups in total. The SMILES string of the molecule is CCC.Cc1ccc(-n2ncccc2=O)cn1. The molecule has 2 heterocycles. The number of rotatable bonds is 1. The van der Waals surface area contributed by atoms with Crippen molar-refractivity contribution < 1.29 is 0 Å². The van der Waals surface area contributed by atoms with Crippen molar-refractivity contribution in [1.82, 2.24) is 14.8 Å². The Balaban J connectivity index is 0.000000437. The van der Waals surface area contributed by atoms with Gasteiger partial charge in [0.2, 0.25) is 0 Å². The molecule has 0 radical (unpaired) electrons. The van der Waals surface area contributed by atoms with Crippen molar-refractivity contribution in [3.63, 3.8) is 0 Å². The van der Waals surface area contributed by atoms with Gasteiger partial charge in [0.15, 0.2) is 0 Å². The Morgan fingerprint density at radius 2 is 1.94 bits per heavy atom. The van der Waals surface area contributed by atoms with Gasteiger partial charge < -0.3 is 0 Å². The number of hydrogen-bond acceptors (Lipinski definition) is 3. The van der Waals surface area contributed by atoms with Crippen LogP contribution in [-0.4, -0.2) is 14.8 Å². The molecule has 0 amide bonds. The van der Waals surface area contributed by atoms with Gasteiger partial charge in [-0.3, -0.25) is 9.78 Å². The molecule has 0 unspecified atom stereocenters. The molecule has 0 aliphatic heterocycles. The van der Waals surface area contributed by atoms with Gasteiger partial charge >= 0.3 is 0 Å². The van der Waals surface area contributed by atoms with E-state index in [1.54, 1.807) is 18.5 Å². The second kappa shape index (κ2) is 6.58. The standard InChI is InChI=1S/C10H9N3O.C3H8/c1-8-4-5-9(7-11-8)13-10(14)3-2-6-12-13;1-3-2/h2-7H,1H3;3H2,1-2H3. The summed E-state index contributed by atoms with van der Waals surface area (Å²) < 4.78 is 1.31. The Labute approximate surface area is 101 Å². The summed E-state index contributed by atoms with van der Waals surface area (Å²) in [6.07, 6.45) is 4.45. The van der Waals surface area contributed by atoms with Crippen LogP contribution in [0, 0.1) is 6.92 Å². The summed E-state index contributed by atoms with van der Waals surface area (Å²) in [7, 11) is 0. The summed E-state index contributed by atoms with van der Waals surface area (Å²) in [6, 6.07) is 6.74. The molecule has 2 rings (SSSR count). The molecule has 0 saturated heterocycles. The highest BCUT2D eigenvalue weighted by Gasteiger charge is 1.98. The monoisotopic (exact) mass is 231 g/mol. The average Bonchev–Trinajstić information content (AvgIpc) is 2.32. The lowest BCUT2D eigenvalue weighted by atomic mass is 10.3. The minimum absolute atomic E-state index is 0.154. The Morgan fingerprint density at radius 3 is 2.47 bits per heavy atom. The van der Waals surface area contributed by atoms with Gasteiger partial charge in [0.05, 0.1) is 11.9 Å². The second-order valence-electron chi connectivity index (χ2n) is 3.64. The minimum atomic E-state index is -0.154. The normalized spacial score (nSPS) is 9.35. The third-order valence-corrected chi connectivity index (χ3v) is 1.86. The predicted octanol–water partition coefficient (Wildman–Crippen LogP) is 2.35. The van der Waals surface area contributed by atoms with E-state index in [-0.39, 0.29) is 5.56 Å². The van der Waals surface area contributed by atoms with Gasteiger partial charge in [-0.15, -0.1) is 0 Å². The van der Waals surface area contributed by atoms with Gasteiger partial charge in [-0.2, -0.15) is 9.78 Å². The van der Waals surface area contributed by atoms with Gasteiger partial charge in [0, 0.05) is 18.0 Å². The zero-order valence-electron chi connectivity index (χ0n) is 10.4. The van der Waals surface area contributed by atoms with Crippen LogP contribution in [0.4, 0.5) is 0 Å². The van der Waals surface area contributed by atoms with Gasteiger partial charge in [0.25, 0.3) is 5.56 Å². The molecule has 0 aliphatic carbocycles. The van der Waals surface area contributed by atoms with Crippen molar-refractivity contribution >= 4 is 0 Å². The average molecular weight is 231 g/mol. The first-order valence-electron chi connectivity index (χ1n) is 5.66. The Bertz CT molecular complexity index is 503. The van der Waals surface area contributed by atoms with Crippen molar-refractivity contribution in [2.45, 2.75) is 27.2 Å². The Hall–Kier alpha value is -1.97. The van der Waals surface area contributed by atoms with Crippen LogP contribution in [0.5, 0.6) is 0 Å². The van der Waals surface area contributed by atoms with Gasteiger partial charge in [-0.25, -0.2) is 0 Å². The number of aromatic nitrogens is 3. The van der Waals surface area contributed by atoms with E-state index in [0.29, 0.717) is 5.69 Å². The minimum Gasteiger partial charge on any atom is -0.267 e. The Kier molecular flexibility index (Phi) is 5.07. The highest BCUT2D eigenvalue weighted by molar-refractivity contribution is 5.27. The zero-order valence-corrected chi connectivity index (χ0v) is 10.4. The van der Waals surface area contributed by atoms with Crippen LogP contribution in [0.15, 0.2) is 41.5 Å². The van der Waals surface area contributed by atoms with Gasteiger partial charge in [-0.05, 0) is 25.1 Å². The maximum Gasteiger partial charge on any atom is 0.271 e. The second-order valence-corrected chi connectivity index (χ2v) is 3.64. The number of hydrogen-bond donors (Lipinski definition) is 0. The molecule has 0 aromatic carbocycles. The number of nitrogens with zero attached hydrogens (tertiary/aromatic N) is 3. The molecule has 90 valence electrons. The van der Waals surface area contributed by atoms with Gasteiger partial charge in [0.1, 0.15) is 0 Å². The van der Waals surface area contributed by atoms with E-state index in [9.17, 15) is 4.79 Å². The molecule has 17 heavy (non-hydrogen) atoms. The van der Waals surface area contributed by atoms with Crippen LogP contribution in [0.2, 0.25) is 0 Å². The van der Waals surface area contributed by atoms with E-state index in [0.717, 1.165) is 5.69 Å². The lowest BCUT2D eigenvalue weighted by Gasteiger charge is -2.02. The maximum atomic E-state index is 11.4. The van der Waals surface area contributed by atoms with Crippen LogP contribution >= 0.6 is 0 Å². The van der Waals surface area contributed by atoms with Crippen molar-refractivity contribution in [2.24, 2.45) is 0 Å². The maximum absolute atomic E-state index is 11.4. The molecule has 0 bridgehead atoms. The van der Waals surface area contributed by atoms with Crippen LogP contribution in [-0.2, 0) is 0 Å². The van der Waals surface area contributed by atoms with Crippen LogP contribution < -0.4 is 5.56 Å². The number of pyridine rings is 1. The molecular weight excluding hydrogens is 214 g/mol. The molecule has 4 heteroatoms. The summed E-state index contributed by atoms with van der Waals surface area (Å²) in [4.78, 5) is 15.5. The lowest BCUT2D eigenvalue weighted by molar-refractivity contribution is 0.801. The van der Waals surface area contributed by atoms with Crippen molar-refractivity contribution in [2.75, 3.05) is 0 Å². The summed E-state index contributed by atoms with van der Waals surface area (Å²) in [6.45, 7) is 6.14. The fraction of sp³-hybridized carbons (Fsp3) is 0.308. The summed E-state index contributed by atoms with van der Waals surface area (Å²) in [5.74, 6) is 0. The summed E-state index contributed by atoms with van der Waals surface area (Å²) in [5.41, 5.74) is 1.44. The van der Waals surface area contributed by atoms with E-state index < -0.39 is 0 Å². The lowest BCUT2D eigenvalue weighted by Crippen LogP contribution is -2.19. The number of aryl methyl sites for hydroxylation is 1. The van der Waals surface area contributed by atoms with E-state index in [2.05, 4.69) is 23.9 Å². The molecule has 0 aliphatic rings. The first kappa shape index (κ1) is 13.1. The third kappa shape index (κ3) is 3.83. The molecular formula is C13H17N3O. The smallest absolute Gasteiger partial charge is 0.267 e. The summed E-state index contributed by atoms with van der Waals surface area (Å²) in [5, 5.41) is 3.94. The molecule has 2 aromatic heterocycles. The molecule has 0 atom stereocenters. The van der Waals surface area contributed by atoms with Crippen molar-refractivity contribution in [3.8, 4) is 5.69 Å². The van der Waals surface area contributed by atoms with E-state index in [1.807, 2.05) is 19.1 Å². The largest absolute Gasteiger partial charge is 0.271 e. The van der Waals surface area contributed by atoms with Crippen LogP contribution in [0.1, 0.15) is 26.0 Å². The fourth-order valence-corrected chi connectivity index (χ4v) is 1.14. The van der Waals surface area contributed by atoms with E-state index in [1.165, 1.54) is 17.2 Å². The first-order chi connectivity index (χ1) is 8.19. The molecule has 2 aromatic rings. The van der Waals surface area contributed by atoms with Crippen LogP contribution in [0.3, 0.4) is 0 Å². The highest BCUT2D eigenvalue weighted by atomic mass is 16.1. The van der Waals surface area contributed by atoms with Crippen molar-refractivity contribution in [3.05, 3.63) is 52.7 Å². The quantitative estimate of drug-likeness (QED) is 0.757. The van der Waals surface area contributed by atoms with E-state index in [4.69, 9.17) is 0 Å². The third-order valence-electron chi connectivity index (χ3n) is 1.86. The van der Waals surface area contributed by atoms with Crippen LogP contribution in [0.25, 0.3) is 5.69 Å². The van der Waals surface area contributed by atoms with Crippen molar-refractivity contribution in [1.29, 1.82) is 0 Å². The molecule has 0 spiro atoms. The molecule has 0 fully saturated rings. The fourth-order valence-electron chi connectivity index (χ4n) is 1.14. The van der Waals surface area contributed by atoms with Gasteiger partial charge in [-0.1, -0.05) is 20.3 Å². The highest BCUT2D eigenvalue weighted by Crippen LogP contribution is 2.01. The molecule has 0 saturated carbocycles. The summed E-state index contributed by atoms with van der Waals surface area (Å²) >= 11 is 0. The van der Waals surface area contributed by atoms with E-state index >= 15 is 0 Å². The first-order valence-corrected chi connectivity index (χ1v) is 5.66.